The van der Waals surface area contributed by atoms with E-state index in [4.69, 9.17) is 9.78 Å². The molecule has 1 fully saturated rings. The summed E-state index contributed by atoms with van der Waals surface area (Å²) in [5.41, 5.74) is -1.69. The number of carbonyl (C=O) groups excluding carboxylic acids is 2. The minimum absolute atomic E-state index is 0.0906. The average molecular weight is 705 g/mol. The summed E-state index contributed by atoms with van der Waals surface area (Å²) in [6.45, 7) is 0.181. The number of rotatable bonds is 14. The summed E-state index contributed by atoms with van der Waals surface area (Å²) < 4.78 is 0. The highest BCUT2D eigenvalue weighted by molar-refractivity contribution is 6.10. The molecule has 8 nitrogen and oxygen atoms in total. The van der Waals surface area contributed by atoms with E-state index in [2.05, 4.69) is 0 Å². The number of hydrogen-bond acceptors (Lipinski definition) is 6. The maximum Gasteiger partial charge on any atom is 0.257 e. The molecule has 0 atom stereocenters. The third-order valence-electron chi connectivity index (χ3n) is 10.3. The summed E-state index contributed by atoms with van der Waals surface area (Å²) in [6.07, 6.45) is -0.687. The highest BCUT2D eigenvalue weighted by atomic mass is 17.1. The van der Waals surface area contributed by atoms with Gasteiger partial charge >= 0.3 is 0 Å². The number of carbonyl (C=O) groups is 2. The molecule has 6 aromatic carbocycles. The molecule has 8 heteroatoms. The van der Waals surface area contributed by atoms with E-state index in [1.807, 2.05) is 133 Å². The highest BCUT2D eigenvalue weighted by Crippen LogP contribution is 2.54. The van der Waals surface area contributed by atoms with Gasteiger partial charge in [0.2, 0.25) is 0 Å². The molecule has 0 aromatic heterocycles. The number of hydrazine groups is 1. The molecule has 0 spiro atoms. The summed E-state index contributed by atoms with van der Waals surface area (Å²) in [7, 11) is 0. The van der Waals surface area contributed by atoms with Gasteiger partial charge in [0, 0.05) is 12.8 Å². The monoisotopic (exact) mass is 704 g/mol. The lowest BCUT2D eigenvalue weighted by Crippen LogP contribution is -2.50. The third-order valence-corrected chi connectivity index (χ3v) is 10.3. The molecule has 0 unspecified atom stereocenters. The molecule has 1 saturated heterocycles. The van der Waals surface area contributed by atoms with Crippen LogP contribution in [-0.2, 0) is 43.7 Å². The molecule has 53 heavy (non-hydrogen) atoms. The Labute approximate surface area is 308 Å². The molecule has 1 aliphatic heterocycles. The molecular formula is C45H40N2O6. The van der Waals surface area contributed by atoms with Gasteiger partial charge in [-0.2, -0.15) is 0 Å². The van der Waals surface area contributed by atoms with E-state index >= 15 is 9.59 Å². The zero-order valence-electron chi connectivity index (χ0n) is 29.1. The minimum Gasteiger partial charge on any atom is -0.272 e. The lowest BCUT2D eigenvalue weighted by Gasteiger charge is -2.42. The van der Waals surface area contributed by atoms with Crippen LogP contribution in [0.25, 0.3) is 0 Å². The summed E-state index contributed by atoms with van der Waals surface area (Å²) in [5.74, 6) is -1.05. The first-order chi connectivity index (χ1) is 26.0. The van der Waals surface area contributed by atoms with E-state index in [0.717, 1.165) is 11.1 Å². The Morgan fingerprint density at radius 1 is 0.415 bits per heavy atom. The normalized spacial score (nSPS) is 14.5. The summed E-state index contributed by atoms with van der Waals surface area (Å²) in [5, 5.41) is 25.4. The van der Waals surface area contributed by atoms with Gasteiger partial charge in [-0.3, -0.25) is 20.1 Å². The molecule has 0 bridgehead atoms. The maximum absolute atomic E-state index is 15.7. The second kappa shape index (κ2) is 15.4. The van der Waals surface area contributed by atoms with E-state index in [1.54, 1.807) is 48.5 Å². The van der Waals surface area contributed by atoms with Crippen LogP contribution in [0.5, 0.6) is 0 Å². The first kappa shape index (κ1) is 35.5. The molecular weight excluding hydrogens is 665 g/mol. The Morgan fingerprint density at radius 2 is 0.660 bits per heavy atom. The SMILES string of the molecule is O=C1N(Cc2ccccc2)N(Cc2ccccc2)C(=O)C1(CC(OO)(c1ccccc1)c1ccccc1)CC(OO)(c1ccccc1)c1ccccc1. The van der Waals surface area contributed by atoms with Crippen molar-refractivity contribution in [2.24, 2.45) is 5.41 Å². The number of hydrogen-bond donors (Lipinski definition) is 2. The van der Waals surface area contributed by atoms with Crippen molar-refractivity contribution < 1.29 is 29.9 Å². The zero-order chi connectivity index (χ0) is 36.7. The van der Waals surface area contributed by atoms with Crippen LogP contribution in [0.15, 0.2) is 182 Å². The van der Waals surface area contributed by atoms with Crippen molar-refractivity contribution in [2.75, 3.05) is 0 Å². The highest BCUT2D eigenvalue weighted by Gasteiger charge is 2.65. The van der Waals surface area contributed by atoms with Crippen molar-refractivity contribution in [1.29, 1.82) is 0 Å². The van der Waals surface area contributed by atoms with E-state index in [-0.39, 0.29) is 25.9 Å². The van der Waals surface area contributed by atoms with Gasteiger partial charge in [-0.15, -0.1) is 0 Å². The molecule has 0 saturated carbocycles. The van der Waals surface area contributed by atoms with Crippen LogP contribution in [0.3, 0.4) is 0 Å². The van der Waals surface area contributed by atoms with E-state index in [9.17, 15) is 10.5 Å². The van der Waals surface area contributed by atoms with Gasteiger partial charge in [0.05, 0.1) is 13.1 Å². The van der Waals surface area contributed by atoms with Crippen LogP contribution in [-0.4, -0.2) is 32.3 Å². The van der Waals surface area contributed by atoms with Crippen LogP contribution in [0, 0.1) is 5.41 Å². The molecule has 0 aliphatic carbocycles. The van der Waals surface area contributed by atoms with Gasteiger partial charge in [-0.05, 0) is 33.4 Å². The van der Waals surface area contributed by atoms with E-state index in [1.165, 1.54) is 10.0 Å². The fourth-order valence-corrected chi connectivity index (χ4v) is 7.69. The number of benzene rings is 6. The van der Waals surface area contributed by atoms with Crippen molar-refractivity contribution in [3.8, 4) is 0 Å². The van der Waals surface area contributed by atoms with Gasteiger partial charge in [0.1, 0.15) is 5.41 Å². The zero-order valence-corrected chi connectivity index (χ0v) is 29.1. The van der Waals surface area contributed by atoms with Crippen LogP contribution >= 0.6 is 0 Å². The number of nitrogens with zero attached hydrogens (tertiary/aromatic N) is 2. The van der Waals surface area contributed by atoms with E-state index < -0.39 is 28.4 Å². The van der Waals surface area contributed by atoms with Crippen LogP contribution in [0.4, 0.5) is 0 Å². The number of amides is 2. The van der Waals surface area contributed by atoms with Crippen LogP contribution in [0.1, 0.15) is 46.2 Å². The molecule has 1 aliphatic rings. The lowest BCUT2D eigenvalue weighted by molar-refractivity contribution is -0.332. The Morgan fingerprint density at radius 3 is 0.906 bits per heavy atom. The topological polar surface area (TPSA) is 99.5 Å². The Bertz CT molecular complexity index is 1870. The maximum atomic E-state index is 15.7. The van der Waals surface area contributed by atoms with E-state index in [0.29, 0.717) is 22.3 Å². The predicted octanol–water partition coefficient (Wildman–Crippen LogP) is 8.61. The molecule has 1 heterocycles. The Hall–Kier alpha value is -5.90. The quantitative estimate of drug-likeness (QED) is 0.0670. The smallest absolute Gasteiger partial charge is 0.257 e. The fraction of sp³-hybridized carbons (Fsp3) is 0.156. The minimum atomic E-state index is -1.99. The molecule has 2 amide bonds. The Kier molecular flexibility index (Phi) is 10.3. The average Bonchev–Trinajstić information content (AvgIpc) is 3.41. The summed E-state index contributed by atoms with van der Waals surface area (Å²) in [4.78, 5) is 42.7. The van der Waals surface area contributed by atoms with Crippen molar-refractivity contribution in [2.45, 2.75) is 37.1 Å². The first-order valence-electron chi connectivity index (χ1n) is 17.5. The van der Waals surface area contributed by atoms with Crippen LogP contribution in [0.2, 0.25) is 0 Å². The van der Waals surface area contributed by atoms with Gasteiger partial charge in [-0.25, -0.2) is 19.8 Å². The second-order valence-corrected chi connectivity index (χ2v) is 13.4. The van der Waals surface area contributed by atoms with Gasteiger partial charge in [-0.1, -0.05) is 182 Å². The summed E-state index contributed by atoms with van der Waals surface area (Å²) in [6, 6.07) is 55.3. The molecule has 2 N–H and O–H groups in total. The van der Waals surface area contributed by atoms with Crippen molar-refractivity contribution in [3.63, 3.8) is 0 Å². The molecule has 7 rings (SSSR count). The molecule has 0 radical (unpaired) electrons. The Balaban J connectivity index is 1.50. The molecule has 266 valence electrons. The summed E-state index contributed by atoms with van der Waals surface area (Å²) >= 11 is 0. The standard InChI is InChI=1S/C45H40N2O6/c48-41-43(33-44(52-50,37-23-11-3-12-24-37)38-25-13-4-14-26-38,34-45(53-51,39-27-15-5-16-28-39)40-29-17-6-18-30-40)42(49)47(32-36-21-9-2-10-22-36)46(41)31-35-19-7-1-8-20-35/h1-30,50-51H,31-34H2. The van der Waals surface area contributed by atoms with Gasteiger partial charge in [0.15, 0.2) is 11.2 Å². The third kappa shape index (κ3) is 6.65. The van der Waals surface area contributed by atoms with Gasteiger partial charge < -0.3 is 0 Å². The van der Waals surface area contributed by atoms with Crippen molar-refractivity contribution in [1.82, 2.24) is 10.0 Å². The fourth-order valence-electron chi connectivity index (χ4n) is 7.69. The second-order valence-electron chi connectivity index (χ2n) is 13.4. The first-order valence-corrected chi connectivity index (χ1v) is 17.5. The van der Waals surface area contributed by atoms with Crippen molar-refractivity contribution in [3.05, 3.63) is 215 Å². The largest absolute Gasteiger partial charge is 0.272 e. The predicted molar refractivity (Wildman–Crippen MR) is 200 cm³/mol. The molecule has 6 aromatic rings. The van der Waals surface area contributed by atoms with Crippen LogP contribution < -0.4 is 0 Å². The lowest BCUT2D eigenvalue weighted by atomic mass is 9.64. The van der Waals surface area contributed by atoms with Crippen molar-refractivity contribution >= 4 is 11.8 Å². The van der Waals surface area contributed by atoms with Gasteiger partial charge in [0.25, 0.3) is 11.8 Å².